The van der Waals surface area contributed by atoms with Gasteiger partial charge in [0, 0.05) is 29.9 Å². The predicted octanol–water partition coefficient (Wildman–Crippen LogP) is 3.09. The van der Waals surface area contributed by atoms with Crippen LogP contribution in [0.1, 0.15) is 5.69 Å². The average molecular weight is 371 g/mol. The van der Waals surface area contributed by atoms with Gasteiger partial charge < -0.3 is 4.42 Å². The van der Waals surface area contributed by atoms with E-state index < -0.39 is 0 Å². The van der Waals surface area contributed by atoms with E-state index in [4.69, 9.17) is 4.42 Å². The van der Waals surface area contributed by atoms with Gasteiger partial charge in [0.1, 0.15) is 0 Å². The van der Waals surface area contributed by atoms with Crippen molar-refractivity contribution in [1.29, 1.82) is 0 Å². The molecule has 4 aromatic rings. The molecule has 0 aliphatic heterocycles. The van der Waals surface area contributed by atoms with Gasteiger partial charge in [0.15, 0.2) is 15.9 Å². The monoisotopic (exact) mass is 371 g/mol. The maximum atomic E-state index is 12.1. The van der Waals surface area contributed by atoms with Crippen molar-refractivity contribution in [1.82, 2.24) is 24.1 Å². The van der Waals surface area contributed by atoms with Crippen LogP contribution in [0.4, 0.5) is 0 Å². The van der Waals surface area contributed by atoms with E-state index in [2.05, 4.69) is 21.8 Å². The van der Waals surface area contributed by atoms with E-state index >= 15 is 0 Å². The third kappa shape index (κ3) is 3.03. The summed E-state index contributed by atoms with van der Waals surface area (Å²) in [4.78, 5) is 17.3. The molecule has 0 saturated carbocycles. The Hall–Kier alpha value is -2.65. The highest BCUT2D eigenvalue weighted by atomic mass is 32.2. The summed E-state index contributed by atoms with van der Waals surface area (Å²) in [5.41, 5.74) is 0.635. The molecule has 0 N–H and O–H groups in total. The Labute approximate surface area is 150 Å². The normalized spacial score (nSPS) is 11.2. The second-order valence-electron chi connectivity index (χ2n) is 5.11. The standard InChI is InChI=1S/C16H13N5O2S2/c1-2-5-21-14(12-4-3-7-23-12)18-19-16(21)25-10-11-9-13(22)20-6-8-24-15(20)17-11/h2-4,6-9H,1,5,10H2. The molecule has 4 aromatic heterocycles. The summed E-state index contributed by atoms with van der Waals surface area (Å²) < 4.78 is 8.88. The lowest BCUT2D eigenvalue weighted by Crippen LogP contribution is -2.12. The highest BCUT2D eigenvalue weighted by Gasteiger charge is 2.16. The van der Waals surface area contributed by atoms with Gasteiger partial charge in [-0.25, -0.2) is 4.98 Å². The van der Waals surface area contributed by atoms with Crippen LogP contribution in [0.25, 0.3) is 16.5 Å². The molecule has 0 spiro atoms. The van der Waals surface area contributed by atoms with E-state index in [1.54, 1.807) is 24.6 Å². The van der Waals surface area contributed by atoms with Gasteiger partial charge in [0.2, 0.25) is 5.82 Å². The summed E-state index contributed by atoms with van der Waals surface area (Å²) in [6, 6.07) is 5.20. The Bertz CT molecular complexity index is 1080. The summed E-state index contributed by atoms with van der Waals surface area (Å²) >= 11 is 2.91. The Morgan fingerprint density at radius 2 is 2.32 bits per heavy atom. The quantitative estimate of drug-likeness (QED) is 0.383. The number of thiazole rings is 1. The third-order valence-corrected chi connectivity index (χ3v) is 5.23. The number of hydrogen-bond acceptors (Lipinski definition) is 7. The number of allylic oxidation sites excluding steroid dienone is 1. The van der Waals surface area contributed by atoms with Crippen molar-refractivity contribution in [3.05, 3.63) is 64.7 Å². The van der Waals surface area contributed by atoms with E-state index in [0.717, 1.165) is 5.16 Å². The molecule has 0 aliphatic rings. The molecule has 4 heterocycles. The molecule has 126 valence electrons. The van der Waals surface area contributed by atoms with E-state index in [-0.39, 0.29) is 5.56 Å². The first-order valence-corrected chi connectivity index (χ1v) is 9.29. The zero-order valence-corrected chi connectivity index (χ0v) is 14.7. The van der Waals surface area contributed by atoms with Crippen LogP contribution in [0.15, 0.2) is 63.1 Å². The molecule has 0 aliphatic carbocycles. The molecule has 0 fully saturated rings. The Morgan fingerprint density at radius 1 is 1.40 bits per heavy atom. The molecule has 7 nitrogen and oxygen atoms in total. The van der Waals surface area contributed by atoms with Gasteiger partial charge in [-0.15, -0.1) is 28.1 Å². The topological polar surface area (TPSA) is 78.2 Å². The van der Waals surface area contributed by atoms with Crippen molar-refractivity contribution >= 4 is 28.1 Å². The highest BCUT2D eigenvalue weighted by Crippen LogP contribution is 2.26. The van der Waals surface area contributed by atoms with Crippen LogP contribution in [0.3, 0.4) is 0 Å². The first-order valence-electron chi connectivity index (χ1n) is 7.43. The summed E-state index contributed by atoms with van der Waals surface area (Å²) in [7, 11) is 0. The van der Waals surface area contributed by atoms with Gasteiger partial charge in [-0.1, -0.05) is 17.8 Å². The lowest BCUT2D eigenvalue weighted by atomic mass is 10.4. The number of rotatable bonds is 6. The molecule has 25 heavy (non-hydrogen) atoms. The van der Waals surface area contributed by atoms with Gasteiger partial charge in [-0.05, 0) is 12.1 Å². The van der Waals surface area contributed by atoms with Crippen LogP contribution >= 0.6 is 23.1 Å². The molecule has 0 unspecified atom stereocenters. The second kappa shape index (κ2) is 6.69. The molecule has 0 atom stereocenters. The molecule has 9 heteroatoms. The Morgan fingerprint density at radius 3 is 3.12 bits per heavy atom. The van der Waals surface area contributed by atoms with Crippen LogP contribution in [-0.2, 0) is 12.3 Å². The van der Waals surface area contributed by atoms with Crippen molar-refractivity contribution < 1.29 is 4.42 Å². The summed E-state index contributed by atoms with van der Waals surface area (Å²) in [6.07, 6.45) is 5.10. The summed E-state index contributed by atoms with van der Waals surface area (Å²) in [5, 5.41) is 11.0. The van der Waals surface area contributed by atoms with Crippen LogP contribution in [0.5, 0.6) is 0 Å². The zero-order valence-electron chi connectivity index (χ0n) is 13.0. The molecule has 0 bridgehead atoms. The second-order valence-corrected chi connectivity index (χ2v) is 6.93. The number of thioether (sulfide) groups is 1. The van der Waals surface area contributed by atoms with Crippen molar-refractivity contribution in [3.8, 4) is 11.6 Å². The molecular formula is C16H13N5O2S2. The zero-order chi connectivity index (χ0) is 17.2. The number of nitrogens with zero attached hydrogens (tertiary/aromatic N) is 5. The lowest BCUT2D eigenvalue weighted by Gasteiger charge is -2.06. The van der Waals surface area contributed by atoms with Crippen molar-refractivity contribution in [2.75, 3.05) is 0 Å². The molecule has 0 radical (unpaired) electrons. The first-order chi connectivity index (χ1) is 12.3. The minimum atomic E-state index is -0.0781. The maximum Gasteiger partial charge on any atom is 0.258 e. The van der Waals surface area contributed by atoms with Crippen LogP contribution in [0.2, 0.25) is 0 Å². The summed E-state index contributed by atoms with van der Waals surface area (Å²) in [5.74, 6) is 1.82. The predicted molar refractivity (Wildman–Crippen MR) is 96.8 cm³/mol. The number of furan rings is 1. The molecule has 0 amide bonds. The first kappa shape index (κ1) is 15.9. The fourth-order valence-corrected chi connectivity index (χ4v) is 3.96. The lowest BCUT2D eigenvalue weighted by molar-refractivity contribution is 0.569. The molecular weight excluding hydrogens is 358 g/mol. The minimum absolute atomic E-state index is 0.0781. The smallest absolute Gasteiger partial charge is 0.258 e. The fourth-order valence-electron chi connectivity index (χ4n) is 2.38. The van der Waals surface area contributed by atoms with Gasteiger partial charge >= 0.3 is 0 Å². The average Bonchev–Trinajstić information content (AvgIpc) is 3.34. The Kier molecular flexibility index (Phi) is 4.24. The fraction of sp³-hybridized carbons (Fsp3) is 0.125. The SMILES string of the molecule is C=CCn1c(SCc2cc(=O)n3ccsc3n2)nnc1-c1ccco1. The molecule has 0 aromatic carbocycles. The van der Waals surface area contributed by atoms with E-state index in [1.165, 1.54) is 27.5 Å². The van der Waals surface area contributed by atoms with Gasteiger partial charge in [0.05, 0.1) is 12.0 Å². The molecule has 0 saturated heterocycles. The van der Waals surface area contributed by atoms with Crippen LogP contribution in [-0.4, -0.2) is 24.1 Å². The number of aromatic nitrogens is 5. The minimum Gasteiger partial charge on any atom is -0.461 e. The van der Waals surface area contributed by atoms with E-state index in [1.807, 2.05) is 22.1 Å². The van der Waals surface area contributed by atoms with Crippen molar-refractivity contribution in [2.24, 2.45) is 0 Å². The summed E-state index contributed by atoms with van der Waals surface area (Å²) in [6.45, 7) is 4.35. The molecule has 4 rings (SSSR count). The van der Waals surface area contributed by atoms with Crippen LogP contribution in [0, 0.1) is 0 Å². The third-order valence-electron chi connectivity index (χ3n) is 3.48. The van der Waals surface area contributed by atoms with Gasteiger partial charge in [0.25, 0.3) is 5.56 Å². The van der Waals surface area contributed by atoms with Crippen molar-refractivity contribution in [3.63, 3.8) is 0 Å². The number of hydrogen-bond donors (Lipinski definition) is 0. The van der Waals surface area contributed by atoms with Crippen LogP contribution < -0.4 is 5.56 Å². The van der Waals surface area contributed by atoms with Gasteiger partial charge in [-0.3, -0.25) is 13.8 Å². The van der Waals surface area contributed by atoms with Gasteiger partial charge in [-0.2, -0.15) is 0 Å². The largest absolute Gasteiger partial charge is 0.461 e. The Balaban J connectivity index is 1.61. The van der Waals surface area contributed by atoms with E-state index in [9.17, 15) is 4.79 Å². The highest BCUT2D eigenvalue weighted by molar-refractivity contribution is 7.98. The number of fused-ring (bicyclic) bond motifs is 1. The maximum absolute atomic E-state index is 12.1. The van der Waals surface area contributed by atoms with E-state index in [0.29, 0.717) is 34.5 Å². The van der Waals surface area contributed by atoms with Crippen molar-refractivity contribution in [2.45, 2.75) is 17.5 Å².